The highest BCUT2D eigenvalue weighted by molar-refractivity contribution is 6.02. The molecule has 3 aromatic carbocycles. The normalized spacial score (nSPS) is 19.1. The summed E-state index contributed by atoms with van der Waals surface area (Å²) in [5.41, 5.74) is 1.05. The van der Waals surface area contributed by atoms with Crippen LogP contribution in [0.15, 0.2) is 48.7 Å². The molecule has 0 spiro atoms. The molecule has 0 amide bonds. The van der Waals surface area contributed by atoms with E-state index in [9.17, 15) is 27.9 Å². The van der Waals surface area contributed by atoms with Crippen LogP contribution in [-0.2, 0) is 4.74 Å². The molecule has 2 N–H and O–H groups in total. The number of aromatic hydroxyl groups is 1. The van der Waals surface area contributed by atoms with Gasteiger partial charge in [-0.15, -0.1) is 0 Å². The zero-order valence-corrected chi connectivity index (χ0v) is 20.5. The topological polar surface area (TPSA) is 81.4 Å². The highest BCUT2D eigenvalue weighted by Gasteiger charge is 2.34. The van der Waals surface area contributed by atoms with Gasteiger partial charge in [0.2, 0.25) is 0 Å². The molecule has 0 bridgehead atoms. The number of hydrogen-bond acceptors (Lipinski definition) is 6. The van der Waals surface area contributed by atoms with Gasteiger partial charge < -0.3 is 20.1 Å². The van der Waals surface area contributed by atoms with E-state index in [0.717, 1.165) is 19.0 Å². The van der Waals surface area contributed by atoms with E-state index in [1.54, 1.807) is 18.2 Å². The minimum atomic E-state index is -1.30. The Morgan fingerprint density at radius 1 is 1.05 bits per heavy atom. The molecule has 2 aliphatic rings. The van der Waals surface area contributed by atoms with Crippen molar-refractivity contribution >= 4 is 16.6 Å². The first-order valence-corrected chi connectivity index (χ1v) is 12.4. The fraction of sp³-hybridized carbons (Fsp3) is 0.241. The molecule has 6 rings (SSSR count). The fourth-order valence-electron chi connectivity index (χ4n) is 5.54. The van der Waals surface area contributed by atoms with Gasteiger partial charge in [0.05, 0.1) is 35.0 Å². The number of morpholine rings is 1. The van der Waals surface area contributed by atoms with Crippen LogP contribution < -0.4 is 10.2 Å². The van der Waals surface area contributed by atoms with E-state index in [-0.39, 0.29) is 23.3 Å². The van der Waals surface area contributed by atoms with E-state index in [1.807, 2.05) is 4.90 Å². The number of phenolic OH excluding ortho intramolecular Hbond substituents is 1. The summed E-state index contributed by atoms with van der Waals surface area (Å²) in [4.78, 5) is 6.53. The van der Waals surface area contributed by atoms with Crippen LogP contribution in [0, 0.1) is 34.6 Å². The Bertz CT molecular complexity index is 1640. The largest absolute Gasteiger partial charge is 0.506 e. The molecule has 1 aromatic heterocycles. The van der Waals surface area contributed by atoms with Crippen molar-refractivity contribution in [1.29, 1.82) is 5.26 Å². The molecule has 6 nitrogen and oxygen atoms in total. The summed E-state index contributed by atoms with van der Waals surface area (Å²) in [6.07, 6.45) is 2.15. The third kappa shape index (κ3) is 4.43. The smallest absolute Gasteiger partial charge is 0.170 e. The maximum absolute atomic E-state index is 15.0. The zero-order valence-electron chi connectivity index (χ0n) is 20.5. The van der Waals surface area contributed by atoms with Crippen LogP contribution in [0.2, 0.25) is 0 Å². The van der Waals surface area contributed by atoms with Crippen molar-refractivity contribution in [3.05, 3.63) is 77.5 Å². The molecular weight excluding hydrogens is 512 g/mol. The molecule has 2 atom stereocenters. The van der Waals surface area contributed by atoms with Gasteiger partial charge in [-0.25, -0.2) is 17.6 Å². The quantitative estimate of drug-likeness (QED) is 0.349. The number of benzene rings is 3. The predicted molar refractivity (Wildman–Crippen MR) is 137 cm³/mol. The number of nitriles is 1. The molecule has 0 saturated carbocycles. The maximum atomic E-state index is 15.0. The molecule has 2 aliphatic heterocycles. The molecule has 0 unspecified atom stereocenters. The number of fused-ring (bicyclic) bond motifs is 2. The predicted octanol–water partition coefficient (Wildman–Crippen LogP) is 5.27. The first-order valence-electron chi connectivity index (χ1n) is 12.4. The van der Waals surface area contributed by atoms with Gasteiger partial charge in [0.15, 0.2) is 11.6 Å². The Hall–Kier alpha value is -4.20. The first-order chi connectivity index (χ1) is 18.8. The van der Waals surface area contributed by atoms with E-state index in [2.05, 4.69) is 10.3 Å². The molecule has 4 aromatic rings. The van der Waals surface area contributed by atoms with E-state index in [4.69, 9.17) is 4.74 Å². The number of phenols is 1. The average molecular weight is 535 g/mol. The lowest BCUT2D eigenvalue weighted by Crippen LogP contribution is -2.57. The zero-order chi connectivity index (χ0) is 27.3. The van der Waals surface area contributed by atoms with Crippen LogP contribution in [0.1, 0.15) is 12.0 Å². The third-order valence-corrected chi connectivity index (χ3v) is 7.33. The van der Waals surface area contributed by atoms with Crippen LogP contribution in [0.5, 0.6) is 5.75 Å². The minimum Gasteiger partial charge on any atom is -0.506 e. The summed E-state index contributed by atoms with van der Waals surface area (Å²) >= 11 is 0. The Morgan fingerprint density at radius 2 is 1.85 bits per heavy atom. The van der Waals surface area contributed by atoms with Gasteiger partial charge in [0.1, 0.15) is 23.5 Å². The van der Waals surface area contributed by atoms with Gasteiger partial charge in [-0.2, -0.15) is 5.26 Å². The number of ether oxygens (including phenoxy) is 1. The molecule has 198 valence electrons. The first kappa shape index (κ1) is 25.1. The second-order valence-electron chi connectivity index (χ2n) is 9.67. The summed E-state index contributed by atoms with van der Waals surface area (Å²) < 4.78 is 63.9. The summed E-state index contributed by atoms with van der Waals surface area (Å²) in [7, 11) is 0. The van der Waals surface area contributed by atoms with Crippen molar-refractivity contribution < 1.29 is 27.4 Å². The van der Waals surface area contributed by atoms with Crippen molar-refractivity contribution in [2.75, 3.05) is 31.1 Å². The Morgan fingerprint density at radius 3 is 2.62 bits per heavy atom. The number of nitrogens with one attached hydrogen (secondary N) is 1. The average Bonchev–Trinajstić information content (AvgIpc) is 2.93. The van der Waals surface area contributed by atoms with E-state index in [1.165, 1.54) is 24.4 Å². The minimum absolute atomic E-state index is 0.115. The van der Waals surface area contributed by atoms with Crippen molar-refractivity contribution in [2.24, 2.45) is 0 Å². The molecule has 2 fully saturated rings. The number of aromatic nitrogens is 1. The summed E-state index contributed by atoms with van der Waals surface area (Å²) in [6.45, 7) is 2.37. The van der Waals surface area contributed by atoms with Crippen molar-refractivity contribution in [2.45, 2.75) is 18.6 Å². The number of piperidine rings is 1. The van der Waals surface area contributed by atoms with E-state index < -0.39 is 40.1 Å². The van der Waals surface area contributed by atoms with Crippen LogP contribution in [0.25, 0.3) is 33.2 Å². The summed E-state index contributed by atoms with van der Waals surface area (Å²) in [5.74, 6) is -4.76. The van der Waals surface area contributed by atoms with Crippen molar-refractivity contribution in [1.82, 2.24) is 10.3 Å². The third-order valence-electron chi connectivity index (χ3n) is 7.33. The Balaban J connectivity index is 1.59. The number of halogens is 4. The number of hydrogen-bond donors (Lipinski definition) is 2. The second-order valence-corrected chi connectivity index (χ2v) is 9.67. The van der Waals surface area contributed by atoms with Crippen molar-refractivity contribution in [3.8, 4) is 34.1 Å². The van der Waals surface area contributed by atoms with Gasteiger partial charge in [-0.1, -0.05) is 6.07 Å². The van der Waals surface area contributed by atoms with Crippen molar-refractivity contribution in [3.63, 3.8) is 0 Å². The lowest BCUT2D eigenvalue weighted by atomic mass is 9.94. The number of rotatable bonds is 3. The monoisotopic (exact) mass is 534 g/mol. The van der Waals surface area contributed by atoms with E-state index >= 15 is 0 Å². The number of anilines is 1. The maximum Gasteiger partial charge on any atom is 0.170 e. The number of nitrogens with zero attached hydrogens (tertiary/aromatic N) is 3. The highest BCUT2D eigenvalue weighted by Crippen LogP contribution is 2.42. The Labute approximate surface area is 221 Å². The molecule has 39 heavy (non-hydrogen) atoms. The molecule has 0 radical (unpaired) electrons. The van der Waals surface area contributed by atoms with Crippen LogP contribution in [-0.4, -0.2) is 48.5 Å². The standard InChI is InChI=1S/C29H22F4N4O2/c30-18-7-16(8-19(31)11-18)21-13-36-23-2-1-15(26-27(33)22(32)10-17(12-34)29(26)38)9-20(23)28(21)37-5-3-24-25(14-37)39-6-4-35-24/h1-2,7-11,13,24-25,35,38H,3-6,14H2/t24-,25-/m0/s1. The lowest BCUT2D eigenvalue weighted by Gasteiger charge is -2.43. The molecule has 0 aliphatic carbocycles. The highest BCUT2D eigenvalue weighted by atomic mass is 19.2. The van der Waals surface area contributed by atoms with Gasteiger partial charge in [0, 0.05) is 48.9 Å². The SMILES string of the molecule is N#Cc1cc(F)c(F)c(-c2ccc3ncc(-c4cc(F)cc(F)c4)c(N4CC[C@@H]5NCCO[C@H]5C4)c3c2)c1O. The molecule has 2 saturated heterocycles. The van der Waals surface area contributed by atoms with Crippen LogP contribution in [0.3, 0.4) is 0 Å². The molecular formula is C29H22F4N4O2. The number of pyridine rings is 1. The van der Waals surface area contributed by atoms with Gasteiger partial charge >= 0.3 is 0 Å². The molecule has 3 heterocycles. The van der Waals surface area contributed by atoms with E-state index in [0.29, 0.717) is 47.9 Å². The summed E-state index contributed by atoms with van der Waals surface area (Å²) in [6, 6.07) is 10.3. The summed E-state index contributed by atoms with van der Waals surface area (Å²) in [5, 5.41) is 23.9. The Kier molecular flexibility index (Phi) is 6.33. The van der Waals surface area contributed by atoms with Gasteiger partial charge in [0.25, 0.3) is 0 Å². The van der Waals surface area contributed by atoms with Gasteiger partial charge in [-0.05, 0) is 47.9 Å². The second kappa shape index (κ2) is 9.84. The van der Waals surface area contributed by atoms with Gasteiger partial charge in [-0.3, -0.25) is 4.98 Å². The van der Waals surface area contributed by atoms with Crippen LogP contribution in [0.4, 0.5) is 23.2 Å². The fourth-order valence-corrected chi connectivity index (χ4v) is 5.54. The molecule has 10 heteroatoms. The lowest BCUT2D eigenvalue weighted by molar-refractivity contribution is -0.00896. The van der Waals surface area contributed by atoms with Crippen LogP contribution >= 0.6 is 0 Å².